The van der Waals surface area contributed by atoms with Crippen LogP contribution in [0.1, 0.15) is 26.9 Å². The van der Waals surface area contributed by atoms with Crippen LogP contribution in [0.25, 0.3) is 0 Å². The van der Waals surface area contributed by atoms with E-state index in [1.165, 1.54) is 28.7 Å². The van der Waals surface area contributed by atoms with Crippen LogP contribution in [-0.4, -0.2) is 12.8 Å². The number of nitrogens with one attached hydrogen (secondary N) is 1. The summed E-state index contributed by atoms with van der Waals surface area (Å²) in [6.45, 7) is 0. The van der Waals surface area contributed by atoms with E-state index < -0.39 is 0 Å². The third-order valence-electron chi connectivity index (χ3n) is 3.67. The molecule has 106 valence electrons. The number of rotatable bonds is 4. The average molecular weight is 307 g/mol. The van der Waals surface area contributed by atoms with Crippen LogP contribution in [0.3, 0.4) is 0 Å². The summed E-state index contributed by atoms with van der Waals surface area (Å²) in [6.07, 6.45) is 2.03. The summed E-state index contributed by atoms with van der Waals surface area (Å²) >= 11 is 3.93. The van der Waals surface area contributed by atoms with Gasteiger partial charge in [0.05, 0.1) is 0 Å². The van der Waals surface area contributed by atoms with Crippen molar-refractivity contribution in [2.24, 2.45) is 0 Å². The molecule has 1 aliphatic rings. The fraction of sp³-hybridized carbons (Fsp3) is 0.375. The lowest BCUT2D eigenvalue weighted by Crippen LogP contribution is -2.17. The number of benzene rings is 1. The van der Waals surface area contributed by atoms with Crippen molar-refractivity contribution in [2.45, 2.75) is 24.6 Å². The number of halogens is 1. The van der Waals surface area contributed by atoms with Crippen molar-refractivity contribution < 1.29 is 4.39 Å². The summed E-state index contributed by atoms with van der Waals surface area (Å²) in [6, 6.07) is 9.53. The molecule has 0 bridgehead atoms. The number of thiophene rings is 1. The number of fused-ring (bicyclic) bond motifs is 1. The smallest absolute Gasteiger partial charge is 0.123 e. The molecule has 2 aromatic rings. The highest BCUT2D eigenvalue weighted by Gasteiger charge is 2.18. The highest BCUT2D eigenvalue weighted by Crippen LogP contribution is 2.35. The zero-order chi connectivity index (χ0) is 13.9. The quantitative estimate of drug-likeness (QED) is 0.909. The molecule has 1 unspecified atom stereocenters. The van der Waals surface area contributed by atoms with E-state index in [0.29, 0.717) is 0 Å². The van der Waals surface area contributed by atoms with Gasteiger partial charge in [0.15, 0.2) is 0 Å². The van der Waals surface area contributed by atoms with Gasteiger partial charge in [0.1, 0.15) is 5.82 Å². The average Bonchev–Trinajstić information content (AvgIpc) is 2.88. The molecule has 1 aliphatic heterocycles. The molecular weight excluding hydrogens is 289 g/mol. The molecule has 1 aromatic carbocycles. The van der Waals surface area contributed by atoms with Crippen molar-refractivity contribution in [1.29, 1.82) is 0 Å². The number of aryl methyl sites for hydroxylation is 1. The van der Waals surface area contributed by atoms with Crippen LogP contribution in [0, 0.1) is 5.82 Å². The second-order valence-electron chi connectivity index (χ2n) is 5.08. The molecule has 1 N–H and O–H groups in total. The number of hydrogen-bond donors (Lipinski definition) is 1. The van der Waals surface area contributed by atoms with Crippen LogP contribution in [0.15, 0.2) is 30.3 Å². The molecule has 0 saturated heterocycles. The van der Waals surface area contributed by atoms with E-state index in [9.17, 15) is 4.39 Å². The Labute approximate surface area is 127 Å². The van der Waals surface area contributed by atoms with E-state index in [4.69, 9.17) is 0 Å². The van der Waals surface area contributed by atoms with E-state index in [1.807, 2.05) is 36.2 Å². The molecule has 0 fully saturated rings. The highest BCUT2D eigenvalue weighted by molar-refractivity contribution is 7.98. The highest BCUT2D eigenvalue weighted by atomic mass is 32.2. The topological polar surface area (TPSA) is 12.0 Å². The Balaban J connectivity index is 1.81. The van der Waals surface area contributed by atoms with Gasteiger partial charge in [-0.15, -0.1) is 11.3 Å². The van der Waals surface area contributed by atoms with E-state index in [0.717, 1.165) is 17.7 Å². The number of thioether (sulfide) groups is 1. The molecular formula is C16H18FNS2. The van der Waals surface area contributed by atoms with Gasteiger partial charge >= 0.3 is 0 Å². The van der Waals surface area contributed by atoms with Gasteiger partial charge in [-0.25, -0.2) is 4.39 Å². The van der Waals surface area contributed by atoms with Gasteiger partial charge in [-0.3, -0.25) is 0 Å². The van der Waals surface area contributed by atoms with Crippen molar-refractivity contribution in [3.8, 4) is 0 Å². The van der Waals surface area contributed by atoms with Crippen molar-refractivity contribution in [3.05, 3.63) is 57.0 Å². The van der Waals surface area contributed by atoms with Crippen molar-refractivity contribution in [2.75, 3.05) is 12.8 Å². The van der Waals surface area contributed by atoms with Gasteiger partial charge < -0.3 is 5.32 Å². The molecule has 0 radical (unpaired) electrons. The van der Waals surface area contributed by atoms with Gasteiger partial charge in [-0.1, -0.05) is 12.1 Å². The normalized spacial score (nSPS) is 15.9. The number of hydrogen-bond acceptors (Lipinski definition) is 3. The van der Waals surface area contributed by atoms with E-state index in [2.05, 4.69) is 11.4 Å². The lowest BCUT2D eigenvalue weighted by atomic mass is 10.0. The van der Waals surface area contributed by atoms with E-state index in [1.54, 1.807) is 17.0 Å². The Kier molecular flexibility index (Phi) is 4.44. The Bertz CT molecular complexity index is 570. The molecule has 1 nitrogen and oxygen atoms in total. The summed E-state index contributed by atoms with van der Waals surface area (Å²) < 4.78 is 13.3. The van der Waals surface area contributed by atoms with Crippen LogP contribution in [0.5, 0.6) is 0 Å². The maximum atomic E-state index is 13.3. The first-order valence-electron chi connectivity index (χ1n) is 6.87. The molecule has 1 atom stereocenters. The van der Waals surface area contributed by atoms with Crippen molar-refractivity contribution >= 4 is 23.1 Å². The van der Waals surface area contributed by atoms with Gasteiger partial charge in [-0.05, 0) is 55.0 Å². The summed E-state index contributed by atoms with van der Waals surface area (Å²) in [4.78, 5) is 2.92. The molecule has 2 heterocycles. The van der Waals surface area contributed by atoms with Crippen LogP contribution >= 0.6 is 23.1 Å². The molecule has 0 saturated carbocycles. The molecule has 4 heteroatoms. The fourth-order valence-corrected chi connectivity index (χ4v) is 5.07. The van der Waals surface area contributed by atoms with Crippen molar-refractivity contribution in [1.82, 2.24) is 5.32 Å². The first-order chi connectivity index (χ1) is 9.76. The molecule has 0 spiro atoms. The predicted molar refractivity (Wildman–Crippen MR) is 86.1 cm³/mol. The molecule has 3 rings (SSSR count). The molecule has 1 aromatic heterocycles. The number of likely N-dealkylation sites (N-methyl/N-ethyl adjacent to an activating group) is 1. The van der Waals surface area contributed by atoms with Crippen LogP contribution < -0.4 is 5.32 Å². The van der Waals surface area contributed by atoms with Crippen LogP contribution in [0.4, 0.5) is 4.39 Å². The zero-order valence-electron chi connectivity index (χ0n) is 11.5. The van der Waals surface area contributed by atoms with E-state index in [-0.39, 0.29) is 11.9 Å². The summed E-state index contributed by atoms with van der Waals surface area (Å²) in [5.74, 6) is 2.22. The lowest BCUT2D eigenvalue weighted by molar-refractivity contribution is 0.592. The summed E-state index contributed by atoms with van der Waals surface area (Å²) in [7, 11) is 1.98. The minimum atomic E-state index is -0.153. The predicted octanol–water partition coefficient (Wildman–Crippen LogP) is 4.18. The monoisotopic (exact) mass is 307 g/mol. The maximum Gasteiger partial charge on any atom is 0.123 e. The summed E-state index contributed by atoms with van der Waals surface area (Å²) in [5, 5.41) is 3.38. The third kappa shape index (κ3) is 3.08. The van der Waals surface area contributed by atoms with Crippen LogP contribution in [0.2, 0.25) is 0 Å². The van der Waals surface area contributed by atoms with Crippen molar-refractivity contribution in [3.63, 3.8) is 0 Å². The maximum absolute atomic E-state index is 13.3. The largest absolute Gasteiger partial charge is 0.312 e. The third-order valence-corrected chi connectivity index (χ3v) is 6.03. The first-order valence-corrected chi connectivity index (χ1v) is 8.84. The molecule has 0 amide bonds. The second kappa shape index (κ2) is 6.29. The second-order valence-corrected chi connectivity index (χ2v) is 7.35. The summed E-state index contributed by atoms with van der Waals surface area (Å²) in [5.41, 5.74) is 2.55. The first kappa shape index (κ1) is 14.1. The molecule has 0 aliphatic carbocycles. The van der Waals surface area contributed by atoms with Crippen LogP contribution in [-0.2, 0) is 18.6 Å². The minimum Gasteiger partial charge on any atom is -0.312 e. The SMILES string of the molecule is CNC(Cc1cccc(F)c1)c1cc2c(s1)CCSC2. The van der Waals surface area contributed by atoms with E-state index >= 15 is 0 Å². The van der Waals surface area contributed by atoms with Gasteiger partial charge in [0, 0.05) is 21.5 Å². The zero-order valence-corrected chi connectivity index (χ0v) is 13.1. The minimum absolute atomic E-state index is 0.153. The van der Waals surface area contributed by atoms with Gasteiger partial charge in [-0.2, -0.15) is 11.8 Å². The molecule has 20 heavy (non-hydrogen) atoms. The standard InChI is InChI=1S/C16H18FNS2/c1-18-14(8-11-3-2-4-13(17)7-11)16-9-12-10-19-6-5-15(12)20-16/h2-4,7,9,14,18H,5-6,8,10H2,1H3. The van der Waals surface area contributed by atoms with Gasteiger partial charge in [0.2, 0.25) is 0 Å². The lowest BCUT2D eigenvalue weighted by Gasteiger charge is -2.14. The Morgan fingerprint density at radius 1 is 1.35 bits per heavy atom. The fourth-order valence-electron chi connectivity index (χ4n) is 2.59. The van der Waals surface area contributed by atoms with Gasteiger partial charge in [0.25, 0.3) is 0 Å². The Morgan fingerprint density at radius 3 is 3.00 bits per heavy atom. The Morgan fingerprint density at radius 2 is 2.25 bits per heavy atom. The Hall–Kier alpha value is -0.840.